The molecule has 3 aromatic carbocycles. The molecule has 2 aliphatic heterocycles. The van der Waals surface area contributed by atoms with E-state index in [-0.39, 0.29) is 30.0 Å². The second kappa shape index (κ2) is 8.57. The van der Waals surface area contributed by atoms with E-state index in [1.807, 2.05) is 88.4 Å². The predicted molar refractivity (Wildman–Crippen MR) is 141 cm³/mol. The van der Waals surface area contributed by atoms with Crippen LogP contribution in [-0.4, -0.2) is 30.0 Å². The Balaban J connectivity index is 1.52. The van der Waals surface area contributed by atoms with Gasteiger partial charge in [-0.3, -0.25) is 24.2 Å². The van der Waals surface area contributed by atoms with E-state index in [2.05, 4.69) is 5.32 Å². The molecule has 1 saturated heterocycles. The summed E-state index contributed by atoms with van der Waals surface area (Å²) in [6, 6.07) is 19.1. The Hall–Kier alpha value is -3.58. The third-order valence-corrected chi connectivity index (χ3v) is 7.95. The standard InChI is InChI=1S/C28H27N3O3S/c1-17-8-7-9-21(14-17)31-25(33)16-35-28(31)22-10-5-6-11-23(22)30(27(28)34)15-24(32)29-26-19(3)12-18(2)13-20(26)4/h5-14H,15-16H2,1-4H3,(H,29,32). The van der Waals surface area contributed by atoms with Crippen molar-refractivity contribution in [2.24, 2.45) is 0 Å². The van der Waals surface area contributed by atoms with Crippen molar-refractivity contribution >= 4 is 46.5 Å². The van der Waals surface area contributed by atoms with E-state index < -0.39 is 4.87 Å². The Morgan fingerprint density at radius 1 is 0.943 bits per heavy atom. The average molecular weight is 486 g/mol. The lowest BCUT2D eigenvalue weighted by Crippen LogP contribution is -2.50. The molecule has 0 aliphatic carbocycles. The maximum absolute atomic E-state index is 14.1. The minimum absolute atomic E-state index is 0.124. The molecule has 178 valence electrons. The lowest BCUT2D eigenvalue weighted by atomic mass is 10.0. The Kier molecular flexibility index (Phi) is 5.68. The van der Waals surface area contributed by atoms with Crippen molar-refractivity contribution in [1.29, 1.82) is 0 Å². The largest absolute Gasteiger partial charge is 0.324 e. The summed E-state index contributed by atoms with van der Waals surface area (Å²) in [6.07, 6.45) is 0. The fourth-order valence-electron chi connectivity index (χ4n) is 5.18. The molecule has 0 saturated carbocycles. The van der Waals surface area contributed by atoms with E-state index in [4.69, 9.17) is 0 Å². The fraction of sp³-hybridized carbons (Fsp3) is 0.250. The van der Waals surface area contributed by atoms with Gasteiger partial charge < -0.3 is 5.32 Å². The van der Waals surface area contributed by atoms with Gasteiger partial charge >= 0.3 is 0 Å². The van der Waals surface area contributed by atoms with Crippen molar-refractivity contribution < 1.29 is 14.4 Å². The first-order valence-electron chi connectivity index (χ1n) is 11.5. The molecule has 0 aromatic heterocycles. The SMILES string of the molecule is Cc1cccc(N2C(=O)CSC23C(=O)N(CC(=O)Nc2c(C)cc(C)cc2C)c2ccccc23)c1. The quantitative estimate of drug-likeness (QED) is 0.574. The third kappa shape index (κ3) is 3.71. The molecule has 1 unspecified atom stereocenters. The molecule has 1 N–H and O–H groups in total. The Labute approximate surface area is 209 Å². The summed E-state index contributed by atoms with van der Waals surface area (Å²) in [6.45, 7) is 7.76. The number of nitrogens with zero attached hydrogens (tertiary/aromatic N) is 2. The van der Waals surface area contributed by atoms with Gasteiger partial charge in [-0.2, -0.15) is 0 Å². The molecule has 35 heavy (non-hydrogen) atoms. The first-order valence-corrected chi connectivity index (χ1v) is 12.5. The number of nitrogens with one attached hydrogen (secondary N) is 1. The zero-order valence-corrected chi connectivity index (χ0v) is 21.0. The summed E-state index contributed by atoms with van der Waals surface area (Å²) in [7, 11) is 0. The molecule has 2 heterocycles. The highest BCUT2D eigenvalue weighted by atomic mass is 32.2. The maximum Gasteiger partial charge on any atom is 0.269 e. The van der Waals surface area contributed by atoms with E-state index in [9.17, 15) is 14.4 Å². The molecule has 5 rings (SSSR count). The van der Waals surface area contributed by atoms with Crippen LogP contribution in [-0.2, 0) is 19.3 Å². The van der Waals surface area contributed by atoms with Crippen LogP contribution >= 0.6 is 11.8 Å². The number of thioether (sulfide) groups is 1. The number of aryl methyl sites for hydroxylation is 4. The smallest absolute Gasteiger partial charge is 0.269 e. The predicted octanol–water partition coefficient (Wildman–Crippen LogP) is 4.84. The lowest BCUT2D eigenvalue weighted by molar-refractivity contribution is -0.124. The number of carbonyl (C=O) groups is 3. The number of amides is 3. The van der Waals surface area contributed by atoms with E-state index in [1.165, 1.54) is 16.7 Å². The van der Waals surface area contributed by atoms with E-state index in [1.54, 1.807) is 4.90 Å². The van der Waals surface area contributed by atoms with Crippen LogP contribution in [0.4, 0.5) is 17.1 Å². The Bertz CT molecular complexity index is 1360. The molecule has 3 amide bonds. The van der Waals surface area contributed by atoms with Crippen molar-refractivity contribution in [2.75, 3.05) is 27.4 Å². The van der Waals surface area contributed by atoms with E-state index >= 15 is 0 Å². The van der Waals surface area contributed by atoms with Crippen molar-refractivity contribution in [1.82, 2.24) is 0 Å². The van der Waals surface area contributed by atoms with Crippen molar-refractivity contribution in [3.8, 4) is 0 Å². The summed E-state index contributed by atoms with van der Waals surface area (Å²) in [5.74, 6) is -0.489. The third-order valence-electron chi connectivity index (χ3n) is 6.57. The van der Waals surface area contributed by atoms with E-state index in [0.29, 0.717) is 11.4 Å². The van der Waals surface area contributed by atoms with Crippen LogP contribution < -0.4 is 15.1 Å². The highest BCUT2D eigenvalue weighted by Crippen LogP contribution is 2.55. The number of carbonyl (C=O) groups excluding carboxylic acids is 3. The monoisotopic (exact) mass is 485 g/mol. The maximum atomic E-state index is 14.1. The molecule has 0 bridgehead atoms. The molecule has 1 atom stereocenters. The van der Waals surface area contributed by atoms with Gasteiger partial charge in [0, 0.05) is 16.9 Å². The van der Waals surface area contributed by atoms with Crippen LogP contribution in [0, 0.1) is 27.7 Å². The molecule has 6 nitrogen and oxygen atoms in total. The second-order valence-electron chi connectivity index (χ2n) is 9.23. The molecule has 0 radical (unpaired) electrons. The number of anilines is 3. The first-order chi connectivity index (χ1) is 16.7. The molecule has 7 heteroatoms. The fourth-order valence-corrected chi connectivity index (χ4v) is 6.54. The number of fused-ring (bicyclic) bond motifs is 2. The van der Waals surface area contributed by atoms with Gasteiger partial charge in [0.2, 0.25) is 16.7 Å². The van der Waals surface area contributed by atoms with Crippen LogP contribution in [0.15, 0.2) is 60.7 Å². The van der Waals surface area contributed by atoms with Crippen LogP contribution in [0.5, 0.6) is 0 Å². The topological polar surface area (TPSA) is 69.7 Å². The van der Waals surface area contributed by atoms with Gasteiger partial charge in [0.05, 0.1) is 11.4 Å². The molecular formula is C28H27N3O3S. The Morgan fingerprint density at radius 2 is 1.66 bits per heavy atom. The minimum Gasteiger partial charge on any atom is -0.324 e. The number of hydrogen-bond acceptors (Lipinski definition) is 4. The summed E-state index contributed by atoms with van der Waals surface area (Å²) < 4.78 is 0. The van der Waals surface area contributed by atoms with Crippen LogP contribution in [0.25, 0.3) is 0 Å². The second-order valence-corrected chi connectivity index (χ2v) is 10.4. The van der Waals surface area contributed by atoms with Crippen molar-refractivity contribution in [3.05, 3.63) is 88.5 Å². The van der Waals surface area contributed by atoms with Crippen LogP contribution in [0.1, 0.15) is 27.8 Å². The number of rotatable bonds is 4. The van der Waals surface area contributed by atoms with Gasteiger partial charge in [0.15, 0.2) is 0 Å². The summed E-state index contributed by atoms with van der Waals surface area (Å²) in [4.78, 5) is 42.3. The zero-order valence-electron chi connectivity index (χ0n) is 20.2. The summed E-state index contributed by atoms with van der Waals surface area (Å²) >= 11 is 1.31. The van der Waals surface area contributed by atoms with Gasteiger partial charge in [-0.1, -0.05) is 48.0 Å². The number of para-hydroxylation sites is 1. The highest BCUT2D eigenvalue weighted by molar-refractivity contribution is 8.02. The van der Waals surface area contributed by atoms with Gasteiger partial charge in [0.25, 0.3) is 5.91 Å². The number of hydrogen-bond donors (Lipinski definition) is 1. The normalized spacial score (nSPS) is 19.0. The Morgan fingerprint density at radius 3 is 2.37 bits per heavy atom. The van der Waals surface area contributed by atoms with Gasteiger partial charge in [-0.15, -0.1) is 11.8 Å². The first kappa shape index (κ1) is 23.2. The molecule has 1 spiro atoms. The summed E-state index contributed by atoms with van der Waals surface area (Å²) in [5, 5.41) is 3.00. The zero-order chi connectivity index (χ0) is 24.9. The van der Waals surface area contributed by atoms with E-state index in [0.717, 1.165) is 33.5 Å². The van der Waals surface area contributed by atoms with Gasteiger partial charge in [-0.25, -0.2) is 0 Å². The van der Waals surface area contributed by atoms with Crippen molar-refractivity contribution in [3.63, 3.8) is 0 Å². The molecule has 1 fully saturated rings. The molecular weight excluding hydrogens is 458 g/mol. The lowest BCUT2D eigenvalue weighted by Gasteiger charge is -2.33. The summed E-state index contributed by atoms with van der Waals surface area (Å²) in [5.41, 5.74) is 6.92. The van der Waals surface area contributed by atoms with Crippen LogP contribution in [0.2, 0.25) is 0 Å². The van der Waals surface area contributed by atoms with Crippen LogP contribution in [0.3, 0.4) is 0 Å². The minimum atomic E-state index is -1.22. The highest BCUT2D eigenvalue weighted by Gasteiger charge is 2.61. The van der Waals surface area contributed by atoms with Gasteiger partial charge in [0.1, 0.15) is 6.54 Å². The average Bonchev–Trinajstić information content (AvgIpc) is 3.27. The molecule has 2 aliphatic rings. The van der Waals surface area contributed by atoms with Crippen molar-refractivity contribution in [2.45, 2.75) is 32.6 Å². The van der Waals surface area contributed by atoms with Gasteiger partial charge in [-0.05, 0) is 62.6 Å². The number of benzene rings is 3. The molecule has 3 aromatic rings.